The van der Waals surface area contributed by atoms with Gasteiger partial charge in [0.1, 0.15) is 5.82 Å². The zero-order chi connectivity index (χ0) is 28.6. The molecular weight excluding hydrogens is 537 g/mol. The molecule has 208 valence electrons. The van der Waals surface area contributed by atoms with E-state index in [0.717, 1.165) is 43.2 Å². The second-order valence-corrected chi connectivity index (χ2v) is 10.8. The Bertz CT molecular complexity index is 1690. The molecule has 2 aromatic carbocycles. The first kappa shape index (κ1) is 27.4. The van der Waals surface area contributed by atoms with E-state index in [1.165, 1.54) is 45.9 Å². The monoisotopic (exact) mass is 566 g/mol. The number of benzene rings is 2. The summed E-state index contributed by atoms with van der Waals surface area (Å²) in [7, 11) is 2.12. The minimum absolute atomic E-state index is 0.0767. The lowest BCUT2D eigenvalue weighted by atomic mass is 9.96. The number of allylic oxidation sites excluding steroid dienone is 1. The number of piperazine rings is 1. The summed E-state index contributed by atoms with van der Waals surface area (Å²) in [6.07, 6.45) is 1.66. The fourth-order valence-electron chi connectivity index (χ4n) is 5.08. The molecule has 0 spiro atoms. The average molecular weight is 567 g/mol. The van der Waals surface area contributed by atoms with Gasteiger partial charge in [0.15, 0.2) is 4.80 Å². The van der Waals surface area contributed by atoms with Crippen molar-refractivity contribution in [1.29, 1.82) is 0 Å². The maximum Gasteiger partial charge on any atom is 0.338 e. The van der Waals surface area contributed by atoms with Crippen molar-refractivity contribution in [3.05, 3.63) is 100 Å². The number of nitrogens with one attached hydrogen (secondary N) is 1. The lowest BCUT2D eigenvalue weighted by molar-refractivity contribution is -0.880. The third kappa shape index (κ3) is 5.19. The number of nitro benzene ring substituents is 1. The first-order chi connectivity index (χ1) is 19.2. The number of nitrogens with zero attached hydrogens (tertiary/aromatic N) is 4. The summed E-state index contributed by atoms with van der Waals surface area (Å²) in [5.41, 5.74) is 2.00. The maximum atomic E-state index is 13.9. The highest BCUT2D eigenvalue weighted by Gasteiger charge is 2.33. The lowest BCUT2D eigenvalue weighted by Crippen LogP contribution is -3.12. The van der Waals surface area contributed by atoms with Gasteiger partial charge < -0.3 is 14.5 Å². The van der Waals surface area contributed by atoms with Crippen LogP contribution in [0.2, 0.25) is 0 Å². The molecule has 1 saturated heterocycles. The molecule has 0 bridgehead atoms. The van der Waals surface area contributed by atoms with Gasteiger partial charge in [-0.25, -0.2) is 14.2 Å². The van der Waals surface area contributed by atoms with Gasteiger partial charge in [-0.05, 0) is 43.7 Å². The summed E-state index contributed by atoms with van der Waals surface area (Å²) in [6, 6.07) is 9.42. The van der Waals surface area contributed by atoms with Crippen LogP contribution < -0.4 is 24.7 Å². The molecule has 0 amide bonds. The van der Waals surface area contributed by atoms with Gasteiger partial charge in [0.2, 0.25) is 0 Å². The fraction of sp³-hybridized carbons (Fsp3) is 0.321. The van der Waals surface area contributed by atoms with Crippen molar-refractivity contribution < 1.29 is 23.7 Å². The van der Waals surface area contributed by atoms with Crippen molar-refractivity contribution in [1.82, 2.24) is 4.57 Å². The highest BCUT2D eigenvalue weighted by Crippen LogP contribution is 2.31. The van der Waals surface area contributed by atoms with E-state index in [1.807, 2.05) is 0 Å². The van der Waals surface area contributed by atoms with Gasteiger partial charge in [-0.1, -0.05) is 23.5 Å². The van der Waals surface area contributed by atoms with Crippen LogP contribution in [0.25, 0.3) is 6.08 Å². The Morgan fingerprint density at radius 3 is 2.60 bits per heavy atom. The standard InChI is InChI=1S/C28H28FN5O5S/c1-4-39-27(36)24-17(2)30-28-33(25(24)18-5-7-20(29)8-6-18)26(35)23(40-28)16-19-15-21(34(37)38)9-10-22(19)32-13-11-31(3)12-14-32/h5-10,15-16,25H,4,11-14H2,1-3H3/p+1/b23-16+/t25-/m0/s1. The molecule has 1 N–H and O–H groups in total. The molecule has 40 heavy (non-hydrogen) atoms. The van der Waals surface area contributed by atoms with Crippen LogP contribution in [0, 0.1) is 15.9 Å². The molecular formula is C28H29FN5O5S+. The van der Waals surface area contributed by atoms with Crippen LogP contribution in [0.1, 0.15) is 31.0 Å². The Kier molecular flexibility index (Phi) is 7.63. The summed E-state index contributed by atoms with van der Waals surface area (Å²) in [5.74, 6) is -1.05. The number of non-ortho nitro benzene ring substituents is 1. The van der Waals surface area contributed by atoms with Crippen molar-refractivity contribution in [2.24, 2.45) is 4.99 Å². The third-order valence-electron chi connectivity index (χ3n) is 7.17. The van der Waals surface area contributed by atoms with E-state index >= 15 is 0 Å². The Morgan fingerprint density at radius 1 is 1.25 bits per heavy atom. The summed E-state index contributed by atoms with van der Waals surface area (Å²) in [5, 5.41) is 11.6. The molecule has 3 aromatic rings. The van der Waals surface area contributed by atoms with Crippen molar-refractivity contribution in [3.8, 4) is 0 Å². The van der Waals surface area contributed by atoms with Crippen LogP contribution in [-0.2, 0) is 9.53 Å². The second kappa shape index (κ2) is 11.1. The molecule has 0 unspecified atom stereocenters. The maximum absolute atomic E-state index is 13.9. The SMILES string of the molecule is CCOC(=O)C1=C(C)N=c2s/c(=C/c3cc([N+](=O)[O-])ccc3N3CC[NH+](C)CC3)c(=O)n2[C@H]1c1ccc(F)cc1. The number of carbonyl (C=O) groups excluding carboxylic acids is 1. The largest absolute Gasteiger partial charge is 0.463 e. The molecule has 0 aliphatic carbocycles. The molecule has 1 aromatic heterocycles. The number of fused-ring (bicyclic) bond motifs is 1. The highest BCUT2D eigenvalue weighted by molar-refractivity contribution is 7.07. The molecule has 0 radical (unpaired) electrons. The number of carbonyl (C=O) groups is 1. The van der Waals surface area contributed by atoms with Gasteiger partial charge in [0.05, 0.1) is 66.6 Å². The van der Waals surface area contributed by atoms with Gasteiger partial charge in [0, 0.05) is 23.4 Å². The van der Waals surface area contributed by atoms with E-state index in [-0.39, 0.29) is 17.9 Å². The van der Waals surface area contributed by atoms with Crippen LogP contribution in [0.5, 0.6) is 0 Å². The topological polar surface area (TPSA) is 111 Å². The lowest BCUT2D eigenvalue weighted by Gasteiger charge is -2.32. The predicted octanol–water partition coefficient (Wildman–Crippen LogP) is 1.18. The van der Waals surface area contributed by atoms with Crippen molar-refractivity contribution in [2.75, 3.05) is 44.7 Å². The minimum Gasteiger partial charge on any atom is -0.463 e. The molecule has 1 atom stereocenters. The first-order valence-corrected chi connectivity index (χ1v) is 13.8. The van der Waals surface area contributed by atoms with E-state index in [9.17, 15) is 24.1 Å². The van der Waals surface area contributed by atoms with Crippen LogP contribution in [0.3, 0.4) is 0 Å². The Labute approximate surface area is 233 Å². The number of halogens is 1. The second-order valence-electron chi connectivity index (χ2n) is 9.80. The van der Waals surface area contributed by atoms with E-state index in [4.69, 9.17) is 4.74 Å². The first-order valence-electron chi connectivity index (χ1n) is 13.0. The molecule has 12 heteroatoms. The zero-order valence-electron chi connectivity index (χ0n) is 22.3. The number of nitro groups is 1. The normalized spacial score (nSPS) is 17.9. The smallest absolute Gasteiger partial charge is 0.338 e. The quantitative estimate of drug-likeness (QED) is 0.273. The number of hydrogen-bond donors (Lipinski definition) is 1. The Balaban J connectivity index is 1.70. The summed E-state index contributed by atoms with van der Waals surface area (Å²) in [4.78, 5) is 46.6. The van der Waals surface area contributed by atoms with Gasteiger partial charge >= 0.3 is 5.97 Å². The molecule has 5 rings (SSSR count). The van der Waals surface area contributed by atoms with Crippen molar-refractivity contribution >= 4 is 34.8 Å². The van der Waals surface area contributed by atoms with Crippen LogP contribution in [-0.4, -0.2) is 55.3 Å². The van der Waals surface area contributed by atoms with Crippen LogP contribution in [0.4, 0.5) is 15.8 Å². The van der Waals surface area contributed by atoms with Crippen LogP contribution >= 0.6 is 11.3 Å². The number of aromatic nitrogens is 1. The highest BCUT2D eigenvalue weighted by atomic mass is 32.1. The Hall–Kier alpha value is -4.16. The number of ether oxygens (including phenoxy) is 1. The van der Waals surface area contributed by atoms with E-state index in [2.05, 4.69) is 16.9 Å². The van der Waals surface area contributed by atoms with E-state index < -0.39 is 28.3 Å². The summed E-state index contributed by atoms with van der Waals surface area (Å²) >= 11 is 1.13. The number of hydrogen-bond acceptors (Lipinski definition) is 8. The fourth-order valence-corrected chi connectivity index (χ4v) is 6.12. The number of rotatable bonds is 6. The Morgan fingerprint density at radius 2 is 1.95 bits per heavy atom. The van der Waals surface area contributed by atoms with E-state index in [1.54, 1.807) is 26.0 Å². The van der Waals surface area contributed by atoms with Crippen molar-refractivity contribution in [2.45, 2.75) is 19.9 Å². The summed E-state index contributed by atoms with van der Waals surface area (Å²) in [6.45, 7) is 6.90. The molecule has 0 saturated carbocycles. The van der Waals surface area contributed by atoms with Crippen LogP contribution in [0.15, 0.2) is 63.5 Å². The predicted molar refractivity (Wildman–Crippen MR) is 149 cm³/mol. The van der Waals surface area contributed by atoms with Gasteiger partial charge in [-0.3, -0.25) is 19.5 Å². The van der Waals surface area contributed by atoms with Gasteiger partial charge in [0.25, 0.3) is 11.2 Å². The number of anilines is 1. The third-order valence-corrected chi connectivity index (χ3v) is 8.15. The summed E-state index contributed by atoms with van der Waals surface area (Å²) < 4.78 is 20.8. The average Bonchev–Trinajstić information content (AvgIpc) is 3.23. The molecule has 3 heterocycles. The number of thiazole rings is 1. The van der Waals surface area contributed by atoms with Crippen molar-refractivity contribution in [3.63, 3.8) is 0 Å². The van der Waals surface area contributed by atoms with E-state index in [0.29, 0.717) is 26.2 Å². The minimum atomic E-state index is -0.872. The van der Waals surface area contributed by atoms with Gasteiger partial charge in [-0.15, -0.1) is 0 Å². The number of quaternary nitrogens is 1. The molecule has 2 aliphatic rings. The van der Waals surface area contributed by atoms with Gasteiger partial charge in [-0.2, -0.15) is 0 Å². The zero-order valence-corrected chi connectivity index (χ0v) is 23.2. The molecule has 10 nitrogen and oxygen atoms in total. The number of likely N-dealkylation sites (N-methyl/N-ethyl adjacent to an activating group) is 1. The molecule has 1 fully saturated rings. The molecule has 2 aliphatic heterocycles. The number of esters is 1.